The molecule has 0 aromatic heterocycles. The van der Waals surface area contributed by atoms with E-state index in [0.29, 0.717) is 30.4 Å². The van der Waals surface area contributed by atoms with E-state index in [1.165, 1.54) is 7.05 Å². The number of ether oxygens (including phenoxy) is 1. The van der Waals surface area contributed by atoms with E-state index in [-0.39, 0.29) is 0 Å². The van der Waals surface area contributed by atoms with Gasteiger partial charge in [-0.15, -0.1) is 0 Å². The van der Waals surface area contributed by atoms with Crippen LogP contribution < -0.4 is 10.2 Å². The Morgan fingerprint density at radius 2 is 2.05 bits per heavy atom. The predicted molar refractivity (Wildman–Crippen MR) is 74.4 cm³/mol. The van der Waals surface area contributed by atoms with Crippen LogP contribution in [0.2, 0.25) is 5.02 Å². The minimum absolute atomic E-state index is 0.308. The van der Waals surface area contributed by atoms with Crippen molar-refractivity contribution in [2.75, 3.05) is 38.8 Å². The lowest BCUT2D eigenvalue weighted by molar-refractivity contribution is -0.119. The first-order valence-corrected chi connectivity index (χ1v) is 6.48. The van der Waals surface area contributed by atoms with Gasteiger partial charge in [0.15, 0.2) is 0 Å². The fourth-order valence-corrected chi connectivity index (χ4v) is 2.21. The average Bonchev–Trinajstić information content (AvgIpc) is 2.32. The van der Waals surface area contributed by atoms with Crippen LogP contribution in [0.4, 0.5) is 18.9 Å². The van der Waals surface area contributed by atoms with E-state index in [0.717, 1.165) is 10.5 Å². The zero-order chi connectivity index (χ0) is 15.2. The molecule has 1 aromatic carbocycles. The summed E-state index contributed by atoms with van der Waals surface area (Å²) >= 11 is 6.03. The second-order valence-electron chi connectivity index (χ2n) is 4.39. The summed E-state index contributed by atoms with van der Waals surface area (Å²) in [7, 11) is 2.97. The van der Waals surface area contributed by atoms with Crippen LogP contribution >= 0.6 is 11.6 Å². The molecule has 0 aliphatic heterocycles. The van der Waals surface area contributed by atoms with E-state index >= 15 is 0 Å². The third kappa shape index (κ3) is 5.56. The van der Waals surface area contributed by atoms with Gasteiger partial charge in [0.05, 0.1) is 17.3 Å². The largest absolute Gasteiger partial charge is 0.405 e. The number of benzene rings is 1. The molecular weight excluding hydrogens is 293 g/mol. The Morgan fingerprint density at radius 3 is 2.65 bits per heavy atom. The molecule has 0 radical (unpaired) electrons. The van der Waals surface area contributed by atoms with Gasteiger partial charge in [0.25, 0.3) is 0 Å². The van der Waals surface area contributed by atoms with Gasteiger partial charge in [0.1, 0.15) is 6.54 Å². The number of halogens is 4. The molecule has 0 heterocycles. The minimum Gasteiger partial charge on any atom is -0.383 e. The highest BCUT2D eigenvalue weighted by Crippen LogP contribution is 2.31. The lowest BCUT2D eigenvalue weighted by atomic mass is 10.1. The molecule has 0 fully saturated rings. The Kier molecular flexibility index (Phi) is 6.58. The van der Waals surface area contributed by atoms with Crippen molar-refractivity contribution in [3.63, 3.8) is 0 Å². The van der Waals surface area contributed by atoms with E-state index in [9.17, 15) is 13.2 Å². The van der Waals surface area contributed by atoms with Gasteiger partial charge in [-0.1, -0.05) is 23.7 Å². The average molecular weight is 311 g/mol. The van der Waals surface area contributed by atoms with Gasteiger partial charge >= 0.3 is 6.18 Å². The molecule has 0 saturated heterocycles. The maximum Gasteiger partial charge on any atom is 0.405 e. The van der Waals surface area contributed by atoms with Crippen LogP contribution in [0.25, 0.3) is 0 Å². The summed E-state index contributed by atoms with van der Waals surface area (Å²) in [5.41, 5.74) is 1.12. The van der Waals surface area contributed by atoms with Crippen LogP contribution in [0.5, 0.6) is 0 Å². The van der Waals surface area contributed by atoms with Crippen molar-refractivity contribution >= 4 is 17.3 Å². The molecule has 0 atom stereocenters. The molecule has 114 valence electrons. The zero-order valence-electron chi connectivity index (χ0n) is 11.4. The van der Waals surface area contributed by atoms with Gasteiger partial charge in [-0.05, 0) is 11.6 Å². The molecule has 0 saturated carbocycles. The predicted octanol–water partition coefficient (Wildman–Crippen LogP) is 3.07. The van der Waals surface area contributed by atoms with Crippen LogP contribution in [0, 0.1) is 0 Å². The normalized spacial score (nSPS) is 11.7. The number of methoxy groups -OCH3 is 1. The smallest absolute Gasteiger partial charge is 0.383 e. The van der Waals surface area contributed by atoms with Crippen molar-refractivity contribution in [1.29, 1.82) is 0 Å². The number of para-hydroxylation sites is 1. The van der Waals surface area contributed by atoms with Crippen LogP contribution in [0.15, 0.2) is 18.2 Å². The SMILES string of the molecule is COCCNCc1cccc(Cl)c1N(C)CC(F)(F)F. The van der Waals surface area contributed by atoms with Crippen molar-refractivity contribution in [2.45, 2.75) is 12.7 Å². The van der Waals surface area contributed by atoms with Crippen LogP contribution in [0.1, 0.15) is 5.56 Å². The van der Waals surface area contributed by atoms with Crippen molar-refractivity contribution in [3.8, 4) is 0 Å². The molecule has 0 spiro atoms. The topological polar surface area (TPSA) is 24.5 Å². The van der Waals surface area contributed by atoms with E-state index in [1.54, 1.807) is 25.3 Å². The van der Waals surface area contributed by atoms with Gasteiger partial charge in [-0.25, -0.2) is 0 Å². The summed E-state index contributed by atoms with van der Waals surface area (Å²) in [5, 5.41) is 3.40. The second-order valence-corrected chi connectivity index (χ2v) is 4.80. The Balaban J connectivity index is 2.82. The molecular formula is C13H18ClF3N2O. The van der Waals surface area contributed by atoms with Crippen molar-refractivity contribution in [2.24, 2.45) is 0 Å². The molecule has 20 heavy (non-hydrogen) atoms. The molecule has 1 aromatic rings. The molecule has 1 N–H and O–H groups in total. The van der Waals surface area contributed by atoms with Gasteiger partial charge in [0, 0.05) is 27.2 Å². The number of hydrogen-bond acceptors (Lipinski definition) is 3. The second kappa shape index (κ2) is 7.71. The molecule has 1 rings (SSSR count). The summed E-state index contributed by atoms with van der Waals surface area (Å²) < 4.78 is 42.4. The Bertz CT molecular complexity index is 427. The third-order valence-electron chi connectivity index (χ3n) is 2.67. The third-order valence-corrected chi connectivity index (χ3v) is 2.97. The molecule has 7 heteroatoms. The highest BCUT2D eigenvalue weighted by molar-refractivity contribution is 6.33. The van der Waals surface area contributed by atoms with E-state index < -0.39 is 12.7 Å². The van der Waals surface area contributed by atoms with Gasteiger partial charge in [0.2, 0.25) is 0 Å². The minimum atomic E-state index is -4.27. The van der Waals surface area contributed by atoms with E-state index in [4.69, 9.17) is 16.3 Å². The van der Waals surface area contributed by atoms with E-state index in [2.05, 4.69) is 5.32 Å². The van der Waals surface area contributed by atoms with Crippen molar-refractivity contribution in [3.05, 3.63) is 28.8 Å². The quantitative estimate of drug-likeness (QED) is 0.783. The van der Waals surface area contributed by atoms with Gasteiger partial charge in [-0.3, -0.25) is 0 Å². The maximum atomic E-state index is 12.5. The molecule has 0 bridgehead atoms. The van der Waals surface area contributed by atoms with E-state index in [1.807, 2.05) is 0 Å². The maximum absolute atomic E-state index is 12.5. The molecule has 0 aliphatic rings. The Labute approximate surface area is 121 Å². The molecule has 0 unspecified atom stereocenters. The van der Waals surface area contributed by atoms with Crippen LogP contribution in [0.3, 0.4) is 0 Å². The van der Waals surface area contributed by atoms with Gasteiger partial charge in [-0.2, -0.15) is 13.2 Å². The first-order valence-electron chi connectivity index (χ1n) is 6.10. The Hall–Kier alpha value is -0.980. The van der Waals surface area contributed by atoms with Crippen molar-refractivity contribution in [1.82, 2.24) is 5.32 Å². The van der Waals surface area contributed by atoms with Crippen LogP contribution in [-0.4, -0.2) is 40.0 Å². The summed E-state index contributed by atoms with van der Waals surface area (Å²) in [6.07, 6.45) is -4.27. The number of alkyl halides is 3. The lowest BCUT2D eigenvalue weighted by Crippen LogP contribution is -2.32. The Morgan fingerprint density at radius 1 is 1.35 bits per heavy atom. The summed E-state index contributed by atoms with van der Waals surface area (Å²) in [5.74, 6) is 0. The van der Waals surface area contributed by atoms with Crippen molar-refractivity contribution < 1.29 is 17.9 Å². The number of hydrogen-bond donors (Lipinski definition) is 1. The number of rotatable bonds is 7. The number of anilines is 1. The lowest BCUT2D eigenvalue weighted by Gasteiger charge is -2.25. The fourth-order valence-electron chi connectivity index (χ4n) is 1.88. The monoisotopic (exact) mass is 310 g/mol. The summed E-state index contributed by atoms with van der Waals surface area (Å²) in [4.78, 5) is 1.12. The molecule has 0 aliphatic carbocycles. The van der Waals surface area contributed by atoms with Gasteiger partial charge < -0.3 is 15.0 Å². The number of nitrogens with one attached hydrogen (secondary N) is 1. The first-order chi connectivity index (χ1) is 9.35. The standard InChI is InChI=1S/C13H18ClF3N2O/c1-19(9-13(15,16)17)12-10(4-3-5-11(12)14)8-18-6-7-20-2/h3-5,18H,6-9H2,1-2H3. The first kappa shape index (κ1) is 17.1. The highest BCUT2D eigenvalue weighted by Gasteiger charge is 2.30. The number of nitrogens with zero attached hydrogens (tertiary/aromatic N) is 1. The summed E-state index contributed by atoms with van der Waals surface area (Å²) in [6, 6.07) is 5.07. The highest BCUT2D eigenvalue weighted by atomic mass is 35.5. The van der Waals surface area contributed by atoms with Crippen LogP contribution in [-0.2, 0) is 11.3 Å². The fraction of sp³-hybridized carbons (Fsp3) is 0.538. The summed E-state index contributed by atoms with van der Waals surface area (Å²) in [6.45, 7) is 0.545. The molecule has 3 nitrogen and oxygen atoms in total. The zero-order valence-corrected chi connectivity index (χ0v) is 12.2. The molecule has 0 amide bonds.